The molecular weight excluding hydrogens is 376 g/mol. The van der Waals surface area contributed by atoms with E-state index in [9.17, 15) is 9.59 Å². The number of thiophene rings is 1. The number of ether oxygens (including phenoxy) is 1. The fourth-order valence-corrected chi connectivity index (χ4v) is 4.17. The Morgan fingerprint density at radius 3 is 2.57 bits per heavy atom. The van der Waals surface area contributed by atoms with Crippen LogP contribution in [0.4, 0.5) is 10.7 Å². The van der Waals surface area contributed by atoms with Gasteiger partial charge in [0.05, 0.1) is 18.4 Å². The maximum Gasteiger partial charge on any atom is 0.274 e. The number of benzene rings is 1. The van der Waals surface area contributed by atoms with Gasteiger partial charge >= 0.3 is 0 Å². The molecule has 0 atom stereocenters. The highest BCUT2D eigenvalue weighted by Gasteiger charge is 2.24. The molecule has 146 valence electrons. The molecular formula is C20H22N4O3S. The van der Waals surface area contributed by atoms with Gasteiger partial charge in [-0.05, 0) is 37.1 Å². The number of aryl methyl sites for hydroxylation is 2. The number of amides is 2. The number of nitrogens with zero attached hydrogens (tertiary/aromatic N) is 2. The zero-order valence-electron chi connectivity index (χ0n) is 16.2. The van der Waals surface area contributed by atoms with E-state index in [0.29, 0.717) is 34.1 Å². The number of methoxy groups -OCH3 is 1. The minimum absolute atomic E-state index is 0.286. The first-order valence-corrected chi connectivity index (χ1v) is 9.63. The third kappa shape index (κ3) is 3.77. The van der Waals surface area contributed by atoms with Crippen molar-refractivity contribution in [1.82, 2.24) is 9.78 Å². The Labute approximate surface area is 167 Å². The third-order valence-corrected chi connectivity index (χ3v) is 5.49. The molecule has 3 rings (SSSR count). The third-order valence-electron chi connectivity index (χ3n) is 4.43. The summed E-state index contributed by atoms with van der Waals surface area (Å²) in [5.41, 5.74) is 2.38. The molecule has 8 heteroatoms. The minimum Gasteiger partial charge on any atom is -0.495 e. The molecule has 0 fully saturated rings. The second-order valence-electron chi connectivity index (χ2n) is 6.14. The molecule has 0 saturated heterocycles. The van der Waals surface area contributed by atoms with E-state index < -0.39 is 0 Å². The van der Waals surface area contributed by atoms with Crippen molar-refractivity contribution in [3.8, 4) is 5.75 Å². The van der Waals surface area contributed by atoms with E-state index >= 15 is 0 Å². The number of carbonyl (C=O) groups excluding carboxylic acids is 2. The lowest BCUT2D eigenvalue weighted by Gasteiger charge is -2.12. The molecule has 0 aliphatic carbocycles. The minimum atomic E-state index is -0.310. The predicted octanol–water partition coefficient (Wildman–Crippen LogP) is 3.87. The zero-order valence-corrected chi connectivity index (χ0v) is 17.0. The molecule has 2 amide bonds. The van der Waals surface area contributed by atoms with Gasteiger partial charge < -0.3 is 15.4 Å². The smallest absolute Gasteiger partial charge is 0.274 e. The van der Waals surface area contributed by atoms with Crippen molar-refractivity contribution in [2.75, 3.05) is 17.7 Å². The second kappa shape index (κ2) is 8.26. The highest BCUT2D eigenvalue weighted by atomic mass is 32.1. The molecule has 0 spiro atoms. The first kappa shape index (κ1) is 19.6. The topological polar surface area (TPSA) is 85.2 Å². The van der Waals surface area contributed by atoms with Crippen LogP contribution in [0.1, 0.15) is 38.2 Å². The van der Waals surface area contributed by atoms with Gasteiger partial charge in [0.25, 0.3) is 11.8 Å². The monoisotopic (exact) mass is 398 g/mol. The fraction of sp³-hybridized carbons (Fsp3) is 0.250. The largest absolute Gasteiger partial charge is 0.495 e. The number of para-hydroxylation sites is 2. The van der Waals surface area contributed by atoms with Crippen LogP contribution in [-0.2, 0) is 13.5 Å². The van der Waals surface area contributed by atoms with E-state index in [1.165, 1.54) is 16.0 Å². The first-order chi connectivity index (χ1) is 13.5. The van der Waals surface area contributed by atoms with E-state index in [1.54, 1.807) is 38.6 Å². The van der Waals surface area contributed by atoms with Gasteiger partial charge in [0.1, 0.15) is 16.4 Å². The van der Waals surface area contributed by atoms with Gasteiger partial charge in [-0.2, -0.15) is 5.10 Å². The maximum atomic E-state index is 13.1. The van der Waals surface area contributed by atoms with Gasteiger partial charge in [-0.3, -0.25) is 14.3 Å². The molecule has 0 aliphatic rings. The lowest BCUT2D eigenvalue weighted by Crippen LogP contribution is -2.19. The van der Waals surface area contributed by atoms with Crippen molar-refractivity contribution in [1.29, 1.82) is 0 Å². The Bertz CT molecular complexity index is 1020. The SMILES string of the molecule is CCc1c(C)sc(NC(=O)c2ccnn2C)c1C(=O)Nc1ccccc1OC. The predicted molar refractivity (Wildman–Crippen MR) is 111 cm³/mol. The van der Waals surface area contributed by atoms with Crippen LogP contribution in [0, 0.1) is 6.92 Å². The van der Waals surface area contributed by atoms with Gasteiger partial charge in [0.15, 0.2) is 0 Å². The number of rotatable bonds is 6. The number of nitrogens with one attached hydrogen (secondary N) is 2. The number of hydrogen-bond donors (Lipinski definition) is 2. The molecule has 0 radical (unpaired) electrons. The summed E-state index contributed by atoms with van der Waals surface area (Å²) in [6.45, 7) is 3.94. The summed E-state index contributed by atoms with van der Waals surface area (Å²) >= 11 is 1.39. The lowest BCUT2D eigenvalue weighted by molar-refractivity contribution is 0.101. The van der Waals surface area contributed by atoms with Crippen molar-refractivity contribution in [3.05, 3.63) is 58.2 Å². The van der Waals surface area contributed by atoms with E-state index in [2.05, 4.69) is 15.7 Å². The first-order valence-electron chi connectivity index (χ1n) is 8.82. The summed E-state index contributed by atoms with van der Waals surface area (Å²) in [5, 5.41) is 10.3. The van der Waals surface area contributed by atoms with Gasteiger partial charge in [-0.15, -0.1) is 11.3 Å². The Morgan fingerprint density at radius 2 is 1.93 bits per heavy atom. The molecule has 0 aliphatic heterocycles. The van der Waals surface area contributed by atoms with Crippen LogP contribution in [0.2, 0.25) is 0 Å². The van der Waals surface area contributed by atoms with Crippen LogP contribution < -0.4 is 15.4 Å². The summed E-state index contributed by atoms with van der Waals surface area (Å²) in [6, 6.07) is 8.84. The molecule has 3 aromatic rings. The Balaban J connectivity index is 1.94. The molecule has 7 nitrogen and oxygen atoms in total. The van der Waals surface area contributed by atoms with Crippen LogP contribution in [0.15, 0.2) is 36.5 Å². The van der Waals surface area contributed by atoms with Gasteiger partial charge in [-0.1, -0.05) is 19.1 Å². The van der Waals surface area contributed by atoms with Crippen LogP contribution in [0.3, 0.4) is 0 Å². The normalized spacial score (nSPS) is 10.6. The highest BCUT2D eigenvalue weighted by Crippen LogP contribution is 2.35. The number of carbonyl (C=O) groups is 2. The average molecular weight is 398 g/mol. The highest BCUT2D eigenvalue weighted by molar-refractivity contribution is 7.16. The van der Waals surface area contributed by atoms with Crippen molar-refractivity contribution in [2.24, 2.45) is 7.05 Å². The molecule has 0 unspecified atom stereocenters. The molecule has 28 heavy (non-hydrogen) atoms. The second-order valence-corrected chi connectivity index (χ2v) is 7.37. The lowest BCUT2D eigenvalue weighted by atomic mass is 10.1. The van der Waals surface area contributed by atoms with Crippen LogP contribution in [-0.4, -0.2) is 28.7 Å². The summed E-state index contributed by atoms with van der Waals surface area (Å²) in [7, 11) is 3.25. The van der Waals surface area contributed by atoms with Crippen LogP contribution in [0.5, 0.6) is 5.75 Å². The summed E-state index contributed by atoms with van der Waals surface area (Å²) in [5.74, 6) is -0.0254. The standard InChI is InChI=1S/C20H22N4O3S/c1-5-13-12(2)28-20(23-18(25)15-10-11-21-24(15)3)17(13)19(26)22-14-8-6-7-9-16(14)27-4/h6-11H,5H2,1-4H3,(H,22,26)(H,23,25). The van der Waals surface area contributed by atoms with Crippen molar-refractivity contribution in [3.63, 3.8) is 0 Å². The number of anilines is 2. The van der Waals surface area contributed by atoms with E-state index in [0.717, 1.165) is 10.4 Å². The summed E-state index contributed by atoms with van der Waals surface area (Å²) < 4.78 is 6.80. The van der Waals surface area contributed by atoms with Crippen molar-refractivity contribution in [2.45, 2.75) is 20.3 Å². The Morgan fingerprint density at radius 1 is 1.18 bits per heavy atom. The van der Waals surface area contributed by atoms with Gasteiger partial charge in [-0.25, -0.2) is 0 Å². The quantitative estimate of drug-likeness (QED) is 0.660. The van der Waals surface area contributed by atoms with E-state index in [1.807, 2.05) is 26.0 Å². The molecule has 2 N–H and O–H groups in total. The molecule has 1 aromatic carbocycles. The number of aromatic nitrogens is 2. The Hall–Kier alpha value is -3.13. The molecule has 2 heterocycles. The maximum absolute atomic E-state index is 13.1. The van der Waals surface area contributed by atoms with Gasteiger partial charge in [0.2, 0.25) is 0 Å². The summed E-state index contributed by atoms with van der Waals surface area (Å²) in [6.07, 6.45) is 2.24. The van der Waals surface area contributed by atoms with Crippen LogP contribution >= 0.6 is 11.3 Å². The van der Waals surface area contributed by atoms with Crippen LogP contribution in [0.25, 0.3) is 0 Å². The zero-order chi connectivity index (χ0) is 20.3. The van der Waals surface area contributed by atoms with Crippen molar-refractivity contribution >= 4 is 33.8 Å². The van der Waals surface area contributed by atoms with Gasteiger partial charge in [0, 0.05) is 18.1 Å². The van der Waals surface area contributed by atoms with E-state index in [-0.39, 0.29) is 11.8 Å². The van der Waals surface area contributed by atoms with Crippen molar-refractivity contribution < 1.29 is 14.3 Å². The Kier molecular flexibility index (Phi) is 5.79. The van der Waals surface area contributed by atoms with E-state index in [4.69, 9.17) is 4.74 Å². The molecule has 0 bridgehead atoms. The average Bonchev–Trinajstić information content (AvgIpc) is 3.24. The fourth-order valence-electron chi connectivity index (χ4n) is 3.03. The summed E-state index contributed by atoms with van der Waals surface area (Å²) in [4.78, 5) is 26.7. The molecule has 0 saturated carbocycles. The number of hydrogen-bond acceptors (Lipinski definition) is 5. The molecule has 2 aromatic heterocycles.